The van der Waals surface area contributed by atoms with Crippen LogP contribution in [0.5, 0.6) is 0 Å². The molecule has 182 valence electrons. The number of carbonyl (C=O) groups is 2. The van der Waals surface area contributed by atoms with Gasteiger partial charge in [-0.1, -0.05) is 32.4 Å². The van der Waals surface area contributed by atoms with Crippen LogP contribution >= 0.6 is 0 Å². The molecule has 3 heterocycles. The Bertz CT molecular complexity index is 1120. The molecule has 1 aromatic heterocycles. The van der Waals surface area contributed by atoms with Gasteiger partial charge in [-0.25, -0.2) is 0 Å². The molecule has 0 radical (unpaired) electrons. The van der Waals surface area contributed by atoms with Crippen LogP contribution in [0.3, 0.4) is 0 Å². The van der Waals surface area contributed by atoms with Gasteiger partial charge in [-0.15, -0.1) is 0 Å². The first-order valence-electron chi connectivity index (χ1n) is 12.5. The van der Waals surface area contributed by atoms with E-state index in [1.165, 1.54) is 12.5 Å². The molecule has 5 fully saturated rings. The zero-order valence-electron chi connectivity index (χ0n) is 20.1. The minimum absolute atomic E-state index is 0.0810. The van der Waals surface area contributed by atoms with E-state index in [1.54, 1.807) is 6.26 Å². The molecule has 4 aliphatic carbocycles. The monoisotopic (exact) mass is 468 g/mol. The number of hydrogen-bond donors (Lipinski definition) is 1. The largest absolute Gasteiger partial charge is 0.472 e. The van der Waals surface area contributed by atoms with Crippen LogP contribution in [0, 0.1) is 28.1 Å². The lowest BCUT2D eigenvalue weighted by Crippen LogP contribution is -2.73. The average molecular weight is 469 g/mol. The van der Waals surface area contributed by atoms with E-state index in [9.17, 15) is 14.7 Å². The van der Waals surface area contributed by atoms with Gasteiger partial charge in [0.1, 0.15) is 30.0 Å². The smallest absolute Gasteiger partial charge is 0.303 e. The second kappa shape index (κ2) is 6.23. The Labute approximate surface area is 198 Å². The summed E-state index contributed by atoms with van der Waals surface area (Å²) in [5.74, 6) is -0.652. The van der Waals surface area contributed by atoms with Crippen LogP contribution in [-0.2, 0) is 23.8 Å². The third-order valence-electron chi connectivity index (χ3n) is 10.8. The van der Waals surface area contributed by atoms with E-state index in [4.69, 9.17) is 18.6 Å². The van der Waals surface area contributed by atoms with Crippen LogP contribution in [0.2, 0.25) is 0 Å². The number of aliphatic hydroxyl groups excluding tert-OH is 1. The van der Waals surface area contributed by atoms with E-state index in [-0.39, 0.29) is 29.1 Å². The highest BCUT2D eigenvalue weighted by Gasteiger charge is 2.85. The number of epoxide rings is 2. The molecule has 1 aromatic rings. The molecule has 1 N–H and O–H groups in total. The molecular weight excluding hydrogens is 436 g/mol. The van der Waals surface area contributed by atoms with Crippen molar-refractivity contribution in [3.05, 3.63) is 35.8 Å². The topological polar surface area (TPSA) is 102 Å². The molecule has 7 nitrogen and oxygen atoms in total. The van der Waals surface area contributed by atoms with Crippen LogP contribution in [0.25, 0.3) is 0 Å². The van der Waals surface area contributed by atoms with Gasteiger partial charge in [-0.2, -0.15) is 0 Å². The number of ketones is 1. The maximum atomic E-state index is 14.0. The minimum atomic E-state index is -0.947. The maximum absolute atomic E-state index is 14.0. The van der Waals surface area contributed by atoms with Crippen LogP contribution in [-0.4, -0.2) is 53.5 Å². The highest BCUT2D eigenvalue weighted by atomic mass is 16.7. The van der Waals surface area contributed by atoms with Gasteiger partial charge in [0.2, 0.25) is 0 Å². The fourth-order valence-corrected chi connectivity index (χ4v) is 9.37. The summed E-state index contributed by atoms with van der Waals surface area (Å²) >= 11 is 0. The summed E-state index contributed by atoms with van der Waals surface area (Å²) in [5.41, 5.74) is -0.0220. The van der Waals surface area contributed by atoms with Gasteiger partial charge >= 0.3 is 5.97 Å². The fraction of sp³-hybridized carbons (Fsp3) is 0.704. The normalized spacial score (nSPS) is 54.4. The minimum Gasteiger partial charge on any atom is -0.472 e. The number of furan rings is 1. The standard InChI is InChI=1S/C27H32O7/c1-13(28)33-18-20-26(4,22(30)19-23(34-19)27(20)12-32-27)17-7-9-24(2)15(14-8-10-31-11-14)5-6-16(24)25(17,3)21(18)29/h6,8,10-11,15,17-21,23,29H,5,7,9,12H2,1-4H3/t15-,17-,18+,19+,20+,21+,23+,24-,25-,26+,27-/m0/s1. The zero-order valence-corrected chi connectivity index (χ0v) is 20.1. The Kier molecular flexibility index (Phi) is 3.91. The molecule has 0 unspecified atom stereocenters. The van der Waals surface area contributed by atoms with E-state index >= 15 is 0 Å². The van der Waals surface area contributed by atoms with Crippen LogP contribution in [0.1, 0.15) is 58.4 Å². The second-order valence-electron chi connectivity index (χ2n) is 12.1. The lowest BCUT2D eigenvalue weighted by Gasteiger charge is -2.66. The number of hydrogen-bond acceptors (Lipinski definition) is 7. The van der Waals surface area contributed by atoms with Crippen molar-refractivity contribution < 1.29 is 33.3 Å². The van der Waals surface area contributed by atoms with Gasteiger partial charge in [0.05, 0.1) is 19.1 Å². The highest BCUT2D eigenvalue weighted by molar-refractivity contribution is 5.94. The van der Waals surface area contributed by atoms with Crippen molar-refractivity contribution in [3.63, 3.8) is 0 Å². The number of esters is 1. The van der Waals surface area contributed by atoms with Gasteiger partial charge in [0.15, 0.2) is 5.78 Å². The van der Waals surface area contributed by atoms with E-state index in [1.807, 2.05) is 19.3 Å². The first kappa shape index (κ1) is 21.3. The Morgan fingerprint density at radius 1 is 1.24 bits per heavy atom. The number of fused-ring (bicyclic) bond motifs is 8. The van der Waals surface area contributed by atoms with Crippen molar-refractivity contribution in [1.29, 1.82) is 0 Å². The molecule has 11 atom stereocenters. The second-order valence-corrected chi connectivity index (χ2v) is 12.1. The SMILES string of the molecule is CC(=O)O[C@H]1[C@@H](O)[C@@]2(C)C3=CC[C@@H](c4ccoc4)[C@]3(C)CC[C@@H]2[C@@]2(C)C(=O)[C@H]3O[C@H]3[C@]3(CO3)[C@H]12. The molecule has 0 bridgehead atoms. The quantitative estimate of drug-likeness (QED) is 0.404. The van der Waals surface area contributed by atoms with Gasteiger partial charge in [0.25, 0.3) is 0 Å². The summed E-state index contributed by atoms with van der Waals surface area (Å²) in [6, 6.07) is 2.03. The predicted molar refractivity (Wildman–Crippen MR) is 119 cm³/mol. The number of allylic oxidation sites excluding steroid dienone is 1. The van der Waals surface area contributed by atoms with Gasteiger partial charge in [-0.05, 0) is 48.1 Å². The molecule has 2 saturated heterocycles. The Morgan fingerprint density at radius 2 is 2.00 bits per heavy atom. The van der Waals surface area contributed by atoms with Gasteiger partial charge in [-0.3, -0.25) is 9.59 Å². The van der Waals surface area contributed by atoms with Crippen LogP contribution in [0.4, 0.5) is 0 Å². The summed E-state index contributed by atoms with van der Waals surface area (Å²) in [5, 5.41) is 12.1. The number of ether oxygens (including phenoxy) is 3. The zero-order chi connectivity index (χ0) is 23.8. The van der Waals surface area contributed by atoms with Gasteiger partial charge in [0, 0.05) is 23.7 Å². The van der Waals surface area contributed by atoms with Crippen LogP contribution < -0.4 is 0 Å². The summed E-state index contributed by atoms with van der Waals surface area (Å²) in [7, 11) is 0. The van der Waals surface area contributed by atoms with Crippen molar-refractivity contribution in [2.24, 2.45) is 28.1 Å². The molecular formula is C27H32O7. The first-order chi connectivity index (χ1) is 16.1. The summed E-state index contributed by atoms with van der Waals surface area (Å²) < 4.78 is 23.2. The molecule has 7 rings (SSSR count). The van der Waals surface area contributed by atoms with E-state index in [2.05, 4.69) is 19.9 Å². The Morgan fingerprint density at radius 3 is 2.65 bits per heavy atom. The van der Waals surface area contributed by atoms with E-state index in [0.717, 1.165) is 24.8 Å². The van der Waals surface area contributed by atoms with Crippen molar-refractivity contribution >= 4 is 11.8 Å². The van der Waals surface area contributed by atoms with Crippen molar-refractivity contribution in [2.45, 2.75) is 82.9 Å². The third kappa shape index (κ3) is 2.21. The molecule has 1 spiro atoms. The fourth-order valence-electron chi connectivity index (χ4n) is 9.37. The van der Waals surface area contributed by atoms with E-state index in [0.29, 0.717) is 6.61 Å². The average Bonchev–Trinajstić information content (AvgIpc) is 3.65. The molecule has 7 heteroatoms. The van der Waals surface area contributed by atoms with Gasteiger partial charge < -0.3 is 23.7 Å². The van der Waals surface area contributed by atoms with Crippen molar-refractivity contribution in [1.82, 2.24) is 0 Å². The highest BCUT2D eigenvalue weighted by Crippen LogP contribution is 2.75. The molecule has 0 aromatic carbocycles. The van der Waals surface area contributed by atoms with Crippen molar-refractivity contribution in [3.8, 4) is 0 Å². The van der Waals surface area contributed by atoms with Crippen molar-refractivity contribution in [2.75, 3.05) is 6.61 Å². The Balaban J connectivity index is 1.39. The predicted octanol–water partition coefficient (Wildman–Crippen LogP) is 3.16. The number of carbonyl (C=O) groups excluding carboxylic acids is 2. The maximum Gasteiger partial charge on any atom is 0.303 e. The summed E-state index contributed by atoms with van der Waals surface area (Å²) in [6.45, 7) is 8.24. The summed E-state index contributed by atoms with van der Waals surface area (Å²) in [4.78, 5) is 26.3. The lowest BCUT2D eigenvalue weighted by molar-refractivity contribution is -0.232. The Hall–Kier alpha value is -1.96. The molecule has 6 aliphatic rings. The molecule has 34 heavy (non-hydrogen) atoms. The molecule has 0 amide bonds. The van der Waals surface area contributed by atoms with Crippen LogP contribution in [0.15, 0.2) is 34.7 Å². The molecule has 2 aliphatic heterocycles. The lowest BCUT2D eigenvalue weighted by atomic mass is 9.38. The summed E-state index contributed by atoms with van der Waals surface area (Å²) in [6.07, 6.45) is 5.84. The first-order valence-corrected chi connectivity index (χ1v) is 12.5. The van der Waals surface area contributed by atoms with E-state index < -0.39 is 46.6 Å². The number of rotatable bonds is 2. The molecule has 3 saturated carbocycles. The number of aliphatic hydroxyl groups is 1. The number of Topliss-reactive ketones (excluding diaryl/α,β-unsaturated/α-hetero) is 1. The third-order valence-corrected chi connectivity index (χ3v) is 10.8.